The van der Waals surface area contributed by atoms with E-state index < -0.39 is 0 Å². The summed E-state index contributed by atoms with van der Waals surface area (Å²) in [5.74, 6) is 0.623. The Morgan fingerprint density at radius 2 is 2.04 bits per heavy atom. The zero-order chi connectivity index (χ0) is 19.6. The maximum Gasteiger partial charge on any atom is 0.305 e. The first-order valence-electron chi connectivity index (χ1n) is 9.54. The first-order chi connectivity index (χ1) is 13.0. The molecular weight excluding hydrogens is 364 g/mol. The number of methoxy groups -OCH3 is 1. The molecule has 0 aliphatic rings. The summed E-state index contributed by atoms with van der Waals surface area (Å²) < 4.78 is 12.6. The van der Waals surface area contributed by atoms with Crippen LogP contribution in [0.2, 0.25) is 5.02 Å². The summed E-state index contributed by atoms with van der Waals surface area (Å²) in [4.78, 5) is 11.3. The molecule has 5 nitrogen and oxygen atoms in total. The van der Waals surface area contributed by atoms with E-state index in [1.807, 2.05) is 35.9 Å². The van der Waals surface area contributed by atoms with Gasteiger partial charge in [-0.05, 0) is 37.6 Å². The van der Waals surface area contributed by atoms with Crippen LogP contribution in [0.5, 0.6) is 5.75 Å². The minimum atomic E-state index is -0.226. The zero-order valence-electron chi connectivity index (χ0n) is 16.5. The van der Waals surface area contributed by atoms with Crippen LogP contribution in [0, 0.1) is 6.92 Å². The second-order valence-electron chi connectivity index (χ2n) is 6.67. The monoisotopic (exact) mass is 392 g/mol. The number of hydrogen-bond donors (Lipinski definition) is 0. The number of carbonyl (C=O) groups is 1. The predicted molar refractivity (Wildman–Crippen MR) is 107 cm³/mol. The molecule has 0 amide bonds. The van der Waals surface area contributed by atoms with Crippen molar-refractivity contribution in [3.8, 4) is 5.75 Å². The van der Waals surface area contributed by atoms with Crippen LogP contribution in [0.1, 0.15) is 56.0 Å². The predicted octanol–water partition coefficient (Wildman–Crippen LogP) is 4.96. The summed E-state index contributed by atoms with van der Waals surface area (Å²) in [6.07, 6.45) is 5.57. The average molecular weight is 393 g/mol. The lowest BCUT2D eigenvalue weighted by atomic mass is 10.2. The molecule has 148 valence electrons. The number of hydrogen-bond acceptors (Lipinski definition) is 4. The molecule has 2 rings (SSSR count). The molecule has 0 unspecified atom stereocenters. The molecule has 0 saturated heterocycles. The fourth-order valence-electron chi connectivity index (χ4n) is 2.88. The first-order valence-corrected chi connectivity index (χ1v) is 9.92. The van der Waals surface area contributed by atoms with Gasteiger partial charge in [0.2, 0.25) is 0 Å². The van der Waals surface area contributed by atoms with Crippen molar-refractivity contribution in [3.05, 3.63) is 46.2 Å². The third-order valence-electron chi connectivity index (χ3n) is 4.44. The van der Waals surface area contributed by atoms with Crippen molar-refractivity contribution < 1.29 is 14.3 Å². The molecule has 0 fully saturated rings. The van der Waals surface area contributed by atoms with Crippen molar-refractivity contribution in [3.63, 3.8) is 0 Å². The molecule has 1 aromatic heterocycles. The van der Waals surface area contributed by atoms with E-state index in [2.05, 4.69) is 12.0 Å². The van der Waals surface area contributed by atoms with Crippen LogP contribution in [0.25, 0.3) is 0 Å². The van der Waals surface area contributed by atoms with Gasteiger partial charge in [-0.1, -0.05) is 37.8 Å². The molecule has 1 heterocycles. The second-order valence-corrected chi connectivity index (χ2v) is 7.11. The van der Waals surface area contributed by atoms with Gasteiger partial charge in [-0.15, -0.1) is 0 Å². The van der Waals surface area contributed by atoms with E-state index in [9.17, 15) is 4.79 Å². The fourth-order valence-corrected chi connectivity index (χ4v) is 3.07. The van der Waals surface area contributed by atoms with Crippen molar-refractivity contribution in [1.29, 1.82) is 0 Å². The van der Waals surface area contributed by atoms with E-state index in [4.69, 9.17) is 21.1 Å². The summed E-state index contributed by atoms with van der Waals surface area (Å²) in [6.45, 7) is 5.49. The molecule has 1 aromatic carbocycles. The van der Waals surface area contributed by atoms with Gasteiger partial charge >= 0.3 is 5.97 Å². The molecular formula is C21H29ClN2O3. The Kier molecular flexibility index (Phi) is 8.65. The smallest absolute Gasteiger partial charge is 0.305 e. The number of ether oxygens (including phenoxy) is 2. The summed E-state index contributed by atoms with van der Waals surface area (Å²) in [6, 6.07) is 7.70. The van der Waals surface area contributed by atoms with E-state index in [-0.39, 0.29) is 5.97 Å². The molecule has 0 atom stereocenters. The highest BCUT2D eigenvalue weighted by atomic mass is 35.5. The van der Waals surface area contributed by atoms with Crippen LogP contribution < -0.4 is 4.74 Å². The highest BCUT2D eigenvalue weighted by molar-refractivity contribution is 6.30. The van der Waals surface area contributed by atoms with Gasteiger partial charge < -0.3 is 9.47 Å². The summed E-state index contributed by atoms with van der Waals surface area (Å²) in [5.41, 5.74) is 2.91. The molecule has 27 heavy (non-hydrogen) atoms. The van der Waals surface area contributed by atoms with Crippen LogP contribution in [-0.2, 0) is 22.5 Å². The lowest BCUT2D eigenvalue weighted by molar-refractivity contribution is -0.140. The van der Waals surface area contributed by atoms with E-state index in [1.54, 1.807) is 0 Å². The van der Waals surface area contributed by atoms with Gasteiger partial charge in [0.15, 0.2) is 0 Å². The number of unbranched alkanes of at least 4 members (excludes halogenated alkanes) is 3. The molecule has 0 saturated carbocycles. The number of benzene rings is 1. The Balaban J connectivity index is 2.04. The third kappa shape index (κ3) is 6.90. The second kappa shape index (κ2) is 11.0. The number of halogens is 1. The number of aryl methyl sites for hydroxylation is 2. The number of aromatic nitrogens is 2. The van der Waals surface area contributed by atoms with Crippen molar-refractivity contribution in [2.45, 2.75) is 58.9 Å². The van der Waals surface area contributed by atoms with Crippen molar-refractivity contribution in [1.82, 2.24) is 9.78 Å². The molecule has 0 radical (unpaired) electrons. The lowest BCUT2D eigenvalue weighted by Gasteiger charge is -2.13. The van der Waals surface area contributed by atoms with Gasteiger partial charge in [-0.2, -0.15) is 5.10 Å². The van der Waals surface area contributed by atoms with Crippen LogP contribution in [0.3, 0.4) is 0 Å². The molecule has 0 spiro atoms. The topological polar surface area (TPSA) is 53.4 Å². The minimum absolute atomic E-state index is 0.226. The molecule has 0 N–H and O–H groups in total. The quantitative estimate of drug-likeness (QED) is 0.400. The van der Waals surface area contributed by atoms with Gasteiger partial charge in [-0.3, -0.25) is 9.48 Å². The maximum absolute atomic E-state index is 11.3. The number of esters is 1. The number of rotatable bonds is 11. The summed E-state index contributed by atoms with van der Waals surface area (Å²) in [5, 5.41) is 5.29. The van der Waals surface area contributed by atoms with Gasteiger partial charge in [0.1, 0.15) is 5.75 Å². The van der Waals surface area contributed by atoms with E-state index in [0.717, 1.165) is 29.1 Å². The standard InChI is InChI=1S/C21H29ClN2O3/c1-4-5-6-7-12-27-20-10-8-18(22)14-17(20)15-24-16(2)13-19(23-24)9-11-21(25)26-3/h8,10,13-14H,4-7,9,11-12,15H2,1-3H3. The van der Waals surface area contributed by atoms with Crippen molar-refractivity contribution >= 4 is 17.6 Å². The molecule has 0 aliphatic carbocycles. The van der Waals surface area contributed by atoms with Crippen LogP contribution >= 0.6 is 11.6 Å². The van der Waals surface area contributed by atoms with E-state index in [0.29, 0.717) is 31.0 Å². The van der Waals surface area contributed by atoms with Crippen molar-refractivity contribution in [2.75, 3.05) is 13.7 Å². The molecule has 0 bridgehead atoms. The number of carbonyl (C=O) groups excluding carboxylic acids is 1. The SMILES string of the molecule is CCCCCCOc1ccc(Cl)cc1Cn1nc(CCC(=O)OC)cc1C. The Bertz CT molecular complexity index is 743. The van der Waals surface area contributed by atoms with Crippen molar-refractivity contribution in [2.24, 2.45) is 0 Å². The van der Waals surface area contributed by atoms with Gasteiger partial charge in [0, 0.05) is 22.7 Å². The first kappa shape index (κ1) is 21.3. The highest BCUT2D eigenvalue weighted by Gasteiger charge is 2.11. The Morgan fingerprint density at radius 1 is 1.22 bits per heavy atom. The fraction of sp³-hybridized carbons (Fsp3) is 0.524. The van der Waals surface area contributed by atoms with Gasteiger partial charge in [0.05, 0.1) is 32.4 Å². The average Bonchev–Trinajstić information content (AvgIpc) is 3.00. The number of nitrogens with zero attached hydrogens (tertiary/aromatic N) is 2. The summed E-state index contributed by atoms with van der Waals surface area (Å²) >= 11 is 6.19. The highest BCUT2D eigenvalue weighted by Crippen LogP contribution is 2.25. The van der Waals surface area contributed by atoms with Crippen LogP contribution in [0.15, 0.2) is 24.3 Å². The lowest BCUT2D eigenvalue weighted by Crippen LogP contribution is -2.08. The zero-order valence-corrected chi connectivity index (χ0v) is 17.2. The van der Waals surface area contributed by atoms with Gasteiger partial charge in [0.25, 0.3) is 0 Å². The molecule has 2 aromatic rings. The normalized spacial score (nSPS) is 10.8. The van der Waals surface area contributed by atoms with E-state index in [1.165, 1.54) is 26.4 Å². The third-order valence-corrected chi connectivity index (χ3v) is 4.68. The Labute approximate surface area is 166 Å². The van der Waals surface area contributed by atoms with Gasteiger partial charge in [-0.25, -0.2) is 0 Å². The van der Waals surface area contributed by atoms with Crippen LogP contribution in [0.4, 0.5) is 0 Å². The Morgan fingerprint density at radius 3 is 2.78 bits per heavy atom. The largest absolute Gasteiger partial charge is 0.493 e. The van der Waals surface area contributed by atoms with E-state index >= 15 is 0 Å². The molecule has 0 aliphatic heterocycles. The summed E-state index contributed by atoms with van der Waals surface area (Å²) in [7, 11) is 1.40. The minimum Gasteiger partial charge on any atom is -0.493 e. The Hall–Kier alpha value is -2.01. The maximum atomic E-state index is 11.3. The molecule has 6 heteroatoms. The van der Waals surface area contributed by atoms with Crippen LogP contribution in [-0.4, -0.2) is 29.5 Å².